The van der Waals surface area contributed by atoms with Gasteiger partial charge in [-0.25, -0.2) is 9.48 Å². The van der Waals surface area contributed by atoms with E-state index in [-0.39, 0.29) is 16.8 Å². The Bertz CT molecular complexity index is 1670. The molecule has 0 saturated heterocycles. The molecular weight excluding hydrogens is 416 g/mol. The van der Waals surface area contributed by atoms with Gasteiger partial charge in [-0.1, -0.05) is 48.5 Å². The predicted molar refractivity (Wildman–Crippen MR) is 125 cm³/mol. The van der Waals surface area contributed by atoms with E-state index in [4.69, 9.17) is 10.2 Å². The molecule has 2 heterocycles. The van der Waals surface area contributed by atoms with Crippen LogP contribution in [0.2, 0.25) is 0 Å². The standard InChI is InChI=1S/C26H16N4O3/c27-14-17(25(28)31)12-18-15-30(19-7-2-1-3-8-19)29-24(18)22-13-21-20-9-5-4-6-16(20)10-11-23(21)33-26(22)32/h1-13,15H,(H2,28,31)/b17-12-. The van der Waals surface area contributed by atoms with Gasteiger partial charge in [-0.3, -0.25) is 4.79 Å². The van der Waals surface area contributed by atoms with E-state index >= 15 is 0 Å². The number of aromatic nitrogens is 2. The summed E-state index contributed by atoms with van der Waals surface area (Å²) in [5.41, 5.74) is 6.57. The van der Waals surface area contributed by atoms with Gasteiger partial charge in [0.25, 0.3) is 5.91 Å². The van der Waals surface area contributed by atoms with Gasteiger partial charge in [0.1, 0.15) is 22.9 Å². The molecule has 0 spiro atoms. The molecule has 7 nitrogen and oxygen atoms in total. The topological polar surface area (TPSA) is 115 Å². The summed E-state index contributed by atoms with van der Waals surface area (Å²) < 4.78 is 7.20. The molecule has 5 rings (SSSR count). The van der Waals surface area contributed by atoms with Crippen LogP contribution in [0.1, 0.15) is 5.56 Å². The molecule has 0 radical (unpaired) electrons. The molecule has 3 aromatic carbocycles. The minimum absolute atomic E-state index is 0.210. The molecule has 0 aliphatic rings. The van der Waals surface area contributed by atoms with Crippen molar-refractivity contribution in [1.82, 2.24) is 9.78 Å². The van der Waals surface area contributed by atoms with Crippen LogP contribution in [0, 0.1) is 11.3 Å². The van der Waals surface area contributed by atoms with Crippen LogP contribution in [0.15, 0.2) is 93.8 Å². The Labute approximate surface area is 187 Å². The summed E-state index contributed by atoms with van der Waals surface area (Å²) in [6.07, 6.45) is 2.97. The fourth-order valence-electron chi connectivity index (χ4n) is 3.77. The van der Waals surface area contributed by atoms with Crippen LogP contribution in [-0.4, -0.2) is 15.7 Å². The number of carbonyl (C=O) groups is 1. The fourth-order valence-corrected chi connectivity index (χ4v) is 3.77. The number of hydrogen-bond acceptors (Lipinski definition) is 5. The number of nitrogens with zero attached hydrogens (tertiary/aromatic N) is 3. The van der Waals surface area contributed by atoms with E-state index in [2.05, 4.69) is 5.10 Å². The Hall–Kier alpha value is -4.96. The van der Waals surface area contributed by atoms with E-state index < -0.39 is 11.5 Å². The first-order valence-electron chi connectivity index (χ1n) is 10.1. The molecule has 0 bridgehead atoms. The largest absolute Gasteiger partial charge is 0.422 e. The van der Waals surface area contributed by atoms with Crippen molar-refractivity contribution in [3.8, 4) is 23.0 Å². The van der Waals surface area contributed by atoms with Gasteiger partial charge in [0.05, 0.1) is 11.3 Å². The van der Waals surface area contributed by atoms with Crippen LogP contribution in [0.5, 0.6) is 0 Å². The van der Waals surface area contributed by atoms with Crippen molar-refractivity contribution < 1.29 is 9.21 Å². The van der Waals surface area contributed by atoms with Crippen molar-refractivity contribution in [2.75, 3.05) is 0 Å². The zero-order valence-corrected chi connectivity index (χ0v) is 17.2. The number of fused-ring (bicyclic) bond motifs is 3. The predicted octanol–water partition coefficient (Wildman–Crippen LogP) is 4.19. The molecule has 2 aromatic heterocycles. The number of nitrogens with two attached hydrogens (primary N) is 1. The lowest BCUT2D eigenvalue weighted by Crippen LogP contribution is -2.12. The first kappa shape index (κ1) is 20.0. The zero-order chi connectivity index (χ0) is 22.9. The van der Waals surface area contributed by atoms with Gasteiger partial charge in [0.15, 0.2) is 0 Å². The number of primary amides is 1. The Balaban J connectivity index is 1.81. The normalized spacial score (nSPS) is 11.5. The smallest absolute Gasteiger partial charge is 0.345 e. The van der Waals surface area contributed by atoms with E-state index in [1.807, 2.05) is 60.7 Å². The molecule has 0 saturated carbocycles. The summed E-state index contributed by atoms with van der Waals surface area (Å²) in [6, 6.07) is 24.2. The lowest BCUT2D eigenvalue weighted by atomic mass is 10.0. The molecule has 1 amide bonds. The summed E-state index contributed by atoms with van der Waals surface area (Å²) >= 11 is 0. The molecule has 2 N–H and O–H groups in total. The molecule has 7 heteroatoms. The van der Waals surface area contributed by atoms with Crippen molar-refractivity contribution in [1.29, 1.82) is 5.26 Å². The maximum absolute atomic E-state index is 13.0. The van der Waals surface area contributed by atoms with E-state index in [1.165, 1.54) is 6.08 Å². The quantitative estimate of drug-likeness (QED) is 0.198. The van der Waals surface area contributed by atoms with E-state index in [9.17, 15) is 14.9 Å². The third kappa shape index (κ3) is 3.56. The highest BCUT2D eigenvalue weighted by atomic mass is 16.4. The monoisotopic (exact) mass is 432 g/mol. The summed E-state index contributed by atoms with van der Waals surface area (Å²) in [5.74, 6) is -0.868. The number of amides is 1. The highest BCUT2D eigenvalue weighted by Crippen LogP contribution is 2.30. The zero-order valence-electron chi connectivity index (χ0n) is 17.2. The number of para-hydroxylation sites is 1. The van der Waals surface area contributed by atoms with Crippen LogP contribution >= 0.6 is 0 Å². The minimum Gasteiger partial charge on any atom is -0.422 e. The molecule has 0 aliphatic carbocycles. The summed E-state index contributed by atoms with van der Waals surface area (Å²) in [5, 5.41) is 16.6. The van der Waals surface area contributed by atoms with Crippen molar-refractivity contribution in [2.45, 2.75) is 0 Å². The average molecular weight is 432 g/mol. The Morgan fingerprint density at radius 2 is 1.79 bits per heavy atom. The maximum atomic E-state index is 13.0. The van der Waals surface area contributed by atoms with Crippen molar-refractivity contribution in [3.63, 3.8) is 0 Å². The second kappa shape index (κ2) is 7.94. The minimum atomic E-state index is -0.868. The number of benzene rings is 3. The molecule has 158 valence electrons. The maximum Gasteiger partial charge on any atom is 0.345 e. The second-order valence-corrected chi connectivity index (χ2v) is 7.39. The third-order valence-electron chi connectivity index (χ3n) is 5.35. The van der Waals surface area contributed by atoms with E-state index in [0.29, 0.717) is 11.1 Å². The molecule has 0 unspecified atom stereocenters. The molecular formula is C26H16N4O3. The number of carbonyl (C=O) groups excluding carboxylic acids is 1. The SMILES string of the molecule is N#C/C(=C/c1cn(-c2ccccc2)nc1-c1cc2c(ccc3ccccc32)oc1=O)C(N)=O. The number of hydrogen-bond donors (Lipinski definition) is 1. The second-order valence-electron chi connectivity index (χ2n) is 7.39. The van der Waals surface area contributed by atoms with Gasteiger partial charge in [-0.15, -0.1) is 0 Å². The van der Waals surface area contributed by atoms with Crippen LogP contribution in [0.4, 0.5) is 0 Å². The van der Waals surface area contributed by atoms with Crippen molar-refractivity contribution in [2.24, 2.45) is 5.73 Å². The van der Waals surface area contributed by atoms with Crippen LogP contribution in [0.3, 0.4) is 0 Å². The summed E-state index contributed by atoms with van der Waals surface area (Å²) in [6.45, 7) is 0. The highest BCUT2D eigenvalue weighted by Gasteiger charge is 2.18. The van der Waals surface area contributed by atoms with Gasteiger partial charge in [0, 0.05) is 17.1 Å². The van der Waals surface area contributed by atoms with Gasteiger partial charge in [0.2, 0.25) is 0 Å². The van der Waals surface area contributed by atoms with Gasteiger partial charge >= 0.3 is 5.63 Å². The lowest BCUT2D eigenvalue weighted by Gasteiger charge is -2.05. The fraction of sp³-hybridized carbons (Fsp3) is 0. The Morgan fingerprint density at radius 3 is 2.55 bits per heavy atom. The molecule has 33 heavy (non-hydrogen) atoms. The average Bonchev–Trinajstić information content (AvgIpc) is 3.26. The molecule has 0 fully saturated rings. The lowest BCUT2D eigenvalue weighted by molar-refractivity contribution is -0.114. The van der Waals surface area contributed by atoms with Crippen LogP contribution in [0.25, 0.3) is 44.8 Å². The Kier molecular flexibility index (Phi) is 4.81. The first-order chi connectivity index (χ1) is 16.0. The summed E-state index contributed by atoms with van der Waals surface area (Å²) in [4.78, 5) is 24.6. The summed E-state index contributed by atoms with van der Waals surface area (Å²) in [7, 11) is 0. The van der Waals surface area contributed by atoms with Gasteiger partial charge in [-0.2, -0.15) is 10.4 Å². The van der Waals surface area contributed by atoms with Gasteiger partial charge < -0.3 is 10.2 Å². The van der Waals surface area contributed by atoms with Crippen LogP contribution < -0.4 is 11.4 Å². The van der Waals surface area contributed by atoms with Crippen LogP contribution in [-0.2, 0) is 4.79 Å². The Morgan fingerprint density at radius 1 is 1.03 bits per heavy atom. The first-order valence-corrected chi connectivity index (χ1v) is 10.1. The molecule has 0 aliphatic heterocycles. The van der Waals surface area contributed by atoms with Crippen molar-refractivity contribution in [3.05, 3.63) is 101 Å². The van der Waals surface area contributed by atoms with Gasteiger partial charge in [-0.05, 0) is 41.1 Å². The van der Waals surface area contributed by atoms with E-state index in [0.717, 1.165) is 21.8 Å². The number of rotatable bonds is 4. The third-order valence-corrected chi connectivity index (χ3v) is 5.35. The van der Waals surface area contributed by atoms with E-state index in [1.54, 1.807) is 29.1 Å². The number of nitriles is 1. The highest BCUT2D eigenvalue weighted by molar-refractivity contribution is 6.06. The molecule has 5 aromatic rings. The van der Waals surface area contributed by atoms with Crippen molar-refractivity contribution >= 4 is 33.7 Å². The molecule has 0 atom stereocenters.